The molecule has 0 bridgehead atoms. The van der Waals surface area contributed by atoms with Crippen LogP contribution in [0.3, 0.4) is 0 Å². The molecule has 0 heterocycles. The highest BCUT2D eigenvalue weighted by Crippen LogP contribution is 2.20. The lowest BCUT2D eigenvalue weighted by atomic mass is 9.88. The fraction of sp³-hybridized carbons (Fsp3) is 0.900. The van der Waals surface area contributed by atoms with E-state index in [9.17, 15) is 0 Å². The van der Waals surface area contributed by atoms with Gasteiger partial charge < -0.3 is 10.4 Å². The first-order valence-corrected chi connectivity index (χ1v) is 4.76. The van der Waals surface area contributed by atoms with Gasteiger partial charge in [-0.25, -0.2) is 0 Å². The van der Waals surface area contributed by atoms with Gasteiger partial charge in [0.05, 0.1) is 12.1 Å². The molecule has 0 aromatic carbocycles. The van der Waals surface area contributed by atoms with Gasteiger partial charge in [0.1, 0.15) is 0 Å². The molecule has 0 radical (unpaired) electrons. The molecular weight excluding hydrogens is 164 g/mol. The van der Waals surface area contributed by atoms with Gasteiger partial charge >= 0.3 is 0 Å². The minimum atomic E-state index is -0.0894. The second-order valence-corrected chi connectivity index (χ2v) is 4.22. The van der Waals surface area contributed by atoms with E-state index in [1.54, 1.807) is 0 Å². The quantitative estimate of drug-likeness (QED) is 0.654. The third-order valence-corrected chi connectivity index (χ3v) is 2.09. The van der Waals surface area contributed by atoms with Crippen molar-refractivity contribution in [2.45, 2.75) is 39.7 Å². The fourth-order valence-corrected chi connectivity index (χ4v) is 1.12. The number of nitrogens with one attached hydrogen (secondary N) is 1. The van der Waals surface area contributed by atoms with E-state index in [1.807, 2.05) is 6.92 Å². The van der Waals surface area contributed by atoms with Crippen LogP contribution < -0.4 is 5.32 Å². The Morgan fingerprint density at radius 2 is 2.15 bits per heavy atom. The predicted octanol–water partition coefficient (Wildman–Crippen LogP) is 1.29. The fourth-order valence-electron chi connectivity index (χ4n) is 1.12. The Kier molecular flexibility index (Phi) is 5.68. The van der Waals surface area contributed by atoms with E-state index < -0.39 is 0 Å². The van der Waals surface area contributed by atoms with Crippen LogP contribution in [0.1, 0.15) is 33.6 Å². The number of aliphatic hydroxyl groups is 1. The van der Waals surface area contributed by atoms with E-state index in [0.717, 1.165) is 19.4 Å². The monoisotopic (exact) mass is 184 g/mol. The molecule has 0 saturated heterocycles. The molecular formula is C10H20N2O. The van der Waals surface area contributed by atoms with Crippen LogP contribution in [0.15, 0.2) is 0 Å². The summed E-state index contributed by atoms with van der Waals surface area (Å²) in [6.07, 6.45) is 1.81. The highest BCUT2D eigenvalue weighted by Gasteiger charge is 2.17. The van der Waals surface area contributed by atoms with Crippen LogP contribution in [0.4, 0.5) is 0 Å². The zero-order chi connectivity index (χ0) is 10.3. The van der Waals surface area contributed by atoms with Crippen molar-refractivity contribution in [1.29, 1.82) is 5.26 Å². The zero-order valence-corrected chi connectivity index (χ0v) is 8.80. The Morgan fingerprint density at radius 3 is 2.62 bits per heavy atom. The first-order valence-electron chi connectivity index (χ1n) is 4.76. The average molecular weight is 184 g/mol. The molecule has 13 heavy (non-hydrogen) atoms. The maximum atomic E-state index is 8.68. The molecule has 0 saturated carbocycles. The number of nitriles is 1. The molecule has 0 aromatic rings. The number of rotatable bonds is 6. The van der Waals surface area contributed by atoms with Crippen LogP contribution in [-0.2, 0) is 0 Å². The molecule has 0 aromatic heterocycles. The summed E-state index contributed by atoms with van der Waals surface area (Å²) < 4.78 is 0. The smallest absolute Gasteiger partial charge is 0.0924 e. The first kappa shape index (κ1) is 12.4. The van der Waals surface area contributed by atoms with Crippen molar-refractivity contribution < 1.29 is 5.11 Å². The molecule has 0 rings (SSSR count). The second kappa shape index (κ2) is 5.95. The van der Waals surface area contributed by atoms with Crippen molar-refractivity contribution in [3.8, 4) is 6.07 Å². The van der Waals surface area contributed by atoms with E-state index in [1.165, 1.54) is 0 Å². The Bertz CT molecular complexity index is 172. The normalized spacial score (nSPS) is 13.8. The molecule has 2 N–H and O–H groups in total. The van der Waals surface area contributed by atoms with Crippen LogP contribution in [0, 0.1) is 16.7 Å². The SMILES string of the molecule is CC(C#N)NCC(C)(C)CCCO. The molecule has 0 aliphatic carbocycles. The van der Waals surface area contributed by atoms with E-state index in [-0.39, 0.29) is 18.1 Å². The van der Waals surface area contributed by atoms with Gasteiger partial charge in [-0.3, -0.25) is 0 Å². The zero-order valence-electron chi connectivity index (χ0n) is 8.80. The molecule has 76 valence electrons. The standard InChI is InChI=1S/C10H20N2O/c1-9(7-11)12-8-10(2,3)5-4-6-13/h9,12-13H,4-6,8H2,1-3H3. The van der Waals surface area contributed by atoms with Gasteiger partial charge in [0.25, 0.3) is 0 Å². The van der Waals surface area contributed by atoms with E-state index in [2.05, 4.69) is 25.2 Å². The van der Waals surface area contributed by atoms with Crippen molar-refractivity contribution in [3.63, 3.8) is 0 Å². The van der Waals surface area contributed by atoms with Gasteiger partial charge in [-0.2, -0.15) is 5.26 Å². The molecule has 0 spiro atoms. The van der Waals surface area contributed by atoms with Crippen molar-refractivity contribution in [2.24, 2.45) is 5.41 Å². The number of hydrogen-bond donors (Lipinski definition) is 2. The molecule has 0 fully saturated rings. The summed E-state index contributed by atoms with van der Waals surface area (Å²) in [5.74, 6) is 0. The van der Waals surface area contributed by atoms with Gasteiger partial charge in [0, 0.05) is 13.2 Å². The number of aliphatic hydroxyl groups excluding tert-OH is 1. The summed E-state index contributed by atoms with van der Waals surface area (Å²) in [5, 5.41) is 20.4. The van der Waals surface area contributed by atoms with Gasteiger partial charge in [-0.1, -0.05) is 13.8 Å². The molecule has 3 nitrogen and oxygen atoms in total. The van der Waals surface area contributed by atoms with Crippen LogP contribution in [-0.4, -0.2) is 24.3 Å². The molecule has 1 atom stereocenters. The molecule has 0 aliphatic heterocycles. The summed E-state index contributed by atoms with van der Waals surface area (Å²) in [4.78, 5) is 0. The average Bonchev–Trinajstić information content (AvgIpc) is 2.11. The Hall–Kier alpha value is -0.590. The van der Waals surface area contributed by atoms with Crippen LogP contribution in [0.25, 0.3) is 0 Å². The summed E-state index contributed by atoms with van der Waals surface area (Å²) in [6.45, 7) is 7.20. The predicted molar refractivity (Wildman–Crippen MR) is 53.2 cm³/mol. The van der Waals surface area contributed by atoms with Gasteiger partial charge in [-0.05, 0) is 25.2 Å². The maximum Gasteiger partial charge on any atom is 0.0924 e. The third kappa shape index (κ3) is 6.56. The van der Waals surface area contributed by atoms with Gasteiger partial charge in [-0.15, -0.1) is 0 Å². The summed E-state index contributed by atoms with van der Waals surface area (Å²) in [5.41, 5.74) is 0.161. The number of hydrogen-bond acceptors (Lipinski definition) is 3. The summed E-state index contributed by atoms with van der Waals surface area (Å²) in [7, 11) is 0. The maximum absolute atomic E-state index is 8.68. The molecule has 1 unspecified atom stereocenters. The van der Waals surface area contributed by atoms with Crippen molar-refractivity contribution >= 4 is 0 Å². The lowest BCUT2D eigenvalue weighted by Crippen LogP contribution is -2.34. The van der Waals surface area contributed by atoms with E-state index >= 15 is 0 Å². The van der Waals surface area contributed by atoms with E-state index in [0.29, 0.717) is 0 Å². The Morgan fingerprint density at radius 1 is 1.54 bits per heavy atom. The highest BCUT2D eigenvalue weighted by atomic mass is 16.2. The van der Waals surface area contributed by atoms with Crippen LogP contribution in [0.5, 0.6) is 0 Å². The van der Waals surface area contributed by atoms with Crippen molar-refractivity contribution in [2.75, 3.05) is 13.2 Å². The summed E-state index contributed by atoms with van der Waals surface area (Å²) >= 11 is 0. The van der Waals surface area contributed by atoms with Crippen LogP contribution in [0.2, 0.25) is 0 Å². The summed E-state index contributed by atoms with van der Waals surface area (Å²) in [6, 6.07) is 2.04. The van der Waals surface area contributed by atoms with Gasteiger partial charge in [0.15, 0.2) is 0 Å². The largest absolute Gasteiger partial charge is 0.396 e. The van der Waals surface area contributed by atoms with Crippen LogP contribution >= 0.6 is 0 Å². The number of nitrogens with zero attached hydrogens (tertiary/aromatic N) is 1. The Balaban J connectivity index is 3.69. The minimum absolute atomic E-state index is 0.0894. The lowest BCUT2D eigenvalue weighted by molar-refractivity contribution is 0.235. The molecule has 3 heteroatoms. The third-order valence-electron chi connectivity index (χ3n) is 2.09. The van der Waals surface area contributed by atoms with Gasteiger partial charge in [0.2, 0.25) is 0 Å². The lowest BCUT2D eigenvalue weighted by Gasteiger charge is -2.25. The highest BCUT2D eigenvalue weighted by molar-refractivity contribution is 4.87. The first-order chi connectivity index (χ1) is 6.02. The molecule has 0 aliphatic rings. The Labute approximate surface area is 80.8 Å². The van der Waals surface area contributed by atoms with Crippen molar-refractivity contribution in [3.05, 3.63) is 0 Å². The topological polar surface area (TPSA) is 56.0 Å². The van der Waals surface area contributed by atoms with E-state index in [4.69, 9.17) is 10.4 Å². The molecule has 0 amide bonds. The minimum Gasteiger partial charge on any atom is -0.396 e. The second-order valence-electron chi connectivity index (χ2n) is 4.22. The van der Waals surface area contributed by atoms with Crippen molar-refractivity contribution in [1.82, 2.24) is 5.32 Å².